The number of hydrogen-bond donors (Lipinski definition) is 1. The number of nitrogens with zero attached hydrogens (tertiary/aromatic N) is 2. The first-order valence-electron chi connectivity index (χ1n) is 7.54. The van der Waals surface area contributed by atoms with Crippen molar-refractivity contribution in [2.75, 3.05) is 38.0 Å². The molecule has 0 saturated carbocycles. The minimum atomic E-state index is 0.835. The molecule has 3 rings (SSSR count). The van der Waals surface area contributed by atoms with Crippen molar-refractivity contribution < 1.29 is 0 Å². The summed E-state index contributed by atoms with van der Waals surface area (Å²) >= 11 is 5.59. The van der Waals surface area contributed by atoms with Crippen LogP contribution in [0.15, 0.2) is 42.5 Å². The van der Waals surface area contributed by atoms with E-state index < -0.39 is 0 Å². The van der Waals surface area contributed by atoms with Gasteiger partial charge in [0.2, 0.25) is 0 Å². The van der Waals surface area contributed by atoms with E-state index in [0.717, 1.165) is 43.5 Å². The van der Waals surface area contributed by atoms with Gasteiger partial charge in [-0.3, -0.25) is 0 Å². The SMILES string of the molecule is CCN1CCN(C(=S)Nc2cccc3ccccc23)CC1. The Labute approximate surface area is 131 Å². The van der Waals surface area contributed by atoms with Gasteiger partial charge in [0.25, 0.3) is 0 Å². The molecule has 0 bridgehead atoms. The predicted molar refractivity (Wildman–Crippen MR) is 93.9 cm³/mol. The van der Waals surface area contributed by atoms with Gasteiger partial charge in [0.05, 0.1) is 0 Å². The van der Waals surface area contributed by atoms with E-state index in [9.17, 15) is 0 Å². The molecule has 2 aromatic rings. The molecule has 0 atom stereocenters. The van der Waals surface area contributed by atoms with E-state index in [-0.39, 0.29) is 0 Å². The second kappa shape index (κ2) is 6.41. The van der Waals surface area contributed by atoms with Crippen molar-refractivity contribution in [3.63, 3.8) is 0 Å². The maximum absolute atomic E-state index is 5.59. The molecule has 1 heterocycles. The summed E-state index contributed by atoms with van der Waals surface area (Å²) in [6.45, 7) is 7.52. The zero-order chi connectivity index (χ0) is 14.7. The van der Waals surface area contributed by atoms with E-state index in [1.807, 2.05) is 0 Å². The highest BCUT2D eigenvalue weighted by Gasteiger charge is 2.17. The van der Waals surface area contributed by atoms with Crippen molar-refractivity contribution in [2.24, 2.45) is 0 Å². The molecular formula is C17H21N3S. The van der Waals surface area contributed by atoms with Gasteiger partial charge in [0.1, 0.15) is 0 Å². The fraction of sp³-hybridized carbons (Fsp3) is 0.353. The highest BCUT2D eigenvalue weighted by atomic mass is 32.1. The second-order valence-corrected chi connectivity index (χ2v) is 5.76. The Morgan fingerprint density at radius 1 is 1.05 bits per heavy atom. The summed E-state index contributed by atoms with van der Waals surface area (Å²) in [6, 6.07) is 14.7. The van der Waals surface area contributed by atoms with Gasteiger partial charge in [-0.05, 0) is 30.2 Å². The number of fused-ring (bicyclic) bond motifs is 1. The average molecular weight is 299 g/mol. The van der Waals surface area contributed by atoms with Crippen LogP contribution in [0.5, 0.6) is 0 Å². The van der Waals surface area contributed by atoms with Gasteiger partial charge in [-0.2, -0.15) is 0 Å². The Hall–Kier alpha value is -1.65. The number of likely N-dealkylation sites (N-methyl/N-ethyl adjacent to an activating group) is 1. The number of anilines is 1. The third kappa shape index (κ3) is 3.17. The van der Waals surface area contributed by atoms with Crippen LogP contribution < -0.4 is 5.32 Å². The first-order valence-corrected chi connectivity index (χ1v) is 7.95. The normalized spacial score (nSPS) is 16.1. The second-order valence-electron chi connectivity index (χ2n) is 5.38. The van der Waals surface area contributed by atoms with Gasteiger partial charge in [-0.25, -0.2) is 0 Å². The maximum Gasteiger partial charge on any atom is 0.173 e. The maximum atomic E-state index is 5.59. The van der Waals surface area contributed by atoms with Crippen molar-refractivity contribution in [2.45, 2.75) is 6.92 Å². The number of nitrogens with one attached hydrogen (secondary N) is 1. The number of thiocarbonyl (C=S) groups is 1. The molecule has 1 saturated heterocycles. The van der Waals surface area contributed by atoms with E-state index in [1.54, 1.807) is 0 Å². The molecule has 1 aliphatic heterocycles. The topological polar surface area (TPSA) is 18.5 Å². The average Bonchev–Trinajstić information content (AvgIpc) is 2.55. The number of piperazine rings is 1. The lowest BCUT2D eigenvalue weighted by molar-refractivity contribution is 0.191. The molecule has 2 aromatic carbocycles. The molecule has 1 N–H and O–H groups in total. The fourth-order valence-corrected chi connectivity index (χ4v) is 3.09. The summed E-state index contributed by atoms with van der Waals surface area (Å²) in [5.41, 5.74) is 1.09. The minimum Gasteiger partial charge on any atom is -0.346 e. The van der Waals surface area contributed by atoms with Crippen molar-refractivity contribution in [3.8, 4) is 0 Å². The lowest BCUT2D eigenvalue weighted by Gasteiger charge is -2.35. The van der Waals surface area contributed by atoms with Gasteiger partial charge < -0.3 is 15.1 Å². The van der Waals surface area contributed by atoms with Crippen LogP contribution in [0.25, 0.3) is 10.8 Å². The lowest BCUT2D eigenvalue weighted by Crippen LogP contribution is -2.49. The Balaban J connectivity index is 1.72. The van der Waals surface area contributed by atoms with Crippen LogP contribution in [0.3, 0.4) is 0 Å². The third-order valence-electron chi connectivity index (χ3n) is 4.14. The fourth-order valence-electron chi connectivity index (χ4n) is 2.80. The highest BCUT2D eigenvalue weighted by molar-refractivity contribution is 7.80. The summed E-state index contributed by atoms with van der Waals surface area (Å²) in [4.78, 5) is 4.72. The molecule has 0 unspecified atom stereocenters. The van der Waals surface area contributed by atoms with Crippen LogP contribution in [0.1, 0.15) is 6.92 Å². The van der Waals surface area contributed by atoms with Crippen molar-refractivity contribution in [1.82, 2.24) is 9.80 Å². The van der Waals surface area contributed by atoms with E-state index >= 15 is 0 Å². The Kier molecular flexibility index (Phi) is 4.36. The van der Waals surface area contributed by atoms with E-state index in [2.05, 4.69) is 64.5 Å². The van der Waals surface area contributed by atoms with Gasteiger partial charge >= 0.3 is 0 Å². The van der Waals surface area contributed by atoms with Crippen LogP contribution in [0, 0.1) is 0 Å². The number of rotatable bonds is 2. The Bertz CT molecular complexity index is 627. The summed E-state index contributed by atoms with van der Waals surface area (Å²) in [5, 5.41) is 6.72. The molecule has 3 nitrogen and oxygen atoms in total. The smallest absolute Gasteiger partial charge is 0.173 e. The lowest BCUT2D eigenvalue weighted by atomic mass is 10.1. The van der Waals surface area contributed by atoms with E-state index in [4.69, 9.17) is 12.2 Å². The van der Waals surface area contributed by atoms with Crippen molar-refractivity contribution >= 4 is 33.8 Å². The molecule has 1 aliphatic rings. The van der Waals surface area contributed by atoms with Crippen LogP contribution in [0.4, 0.5) is 5.69 Å². The molecule has 1 fully saturated rings. The first kappa shape index (κ1) is 14.3. The molecule has 4 heteroatoms. The minimum absolute atomic E-state index is 0.835. The molecule has 21 heavy (non-hydrogen) atoms. The standard InChI is InChI=1S/C17H21N3S/c1-2-19-10-12-20(13-11-19)17(21)18-16-9-5-7-14-6-3-4-8-15(14)16/h3-9H,2,10-13H2,1H3,(H,18,21). The zero-order valence-corrected chi connectivity index (χ0v) is 13.2. The Morgan fingerprint density at radius 2 is 1.76 bits per heavy atom. The van der Waals surface area contributed by atoms with Gasteiger partial charge in [-0.1, -0.05) is 43.3 Å². The molecular weight excluding hydrogens is 278 g/mol. The molecule has 0 amide bonds. The monoisotopic (exact) mass is 299 g/mol. The summed E-state index contributed by atoms with van der Waals surface area (Å²) in [6.07, 6.45) is 0. The zero-order valence-electron chi connectivity index (χ0n) is 12.4. The van der Waals surface area contributed by atoms with Crippen LogP contribution >= 0.6 is 12.2 Å². The largest absolute Gasteiger partial charge is 0.346 e. The quantitative estimate of drug-likeness (QED) is 0.858. The predicted octanol–water partition coefficient (Wildman–Crippen LogP) is 3.17. The molecule has 0 radical (unpaired) electrons. The summed E-state index contributed by atoms with van der Waals surface area (Å²) in [7, 11) is 0. The molecule has 110 valence electrons. The Morgan fingerprint density at radius 3 is 2.52 bits per heavy atom. The molecule has 0 aliphatic carbocycles. The first-order chi connectivity index (χ1) is 10.3. The third-order valence-corrected chi connectivity index (χ3v) is 4.50. The van der Waals surface area contributed by atoms with Crippen LogP contribution in [0.2, 0.25) is 0 Å². The van der Waals surface area contributed by atoms with Gasteiger partial charge in [0.15, 0.2) is 5.11 Å². The van der Waals surface area contributed by atoms with Gasteiger partial charge in [0, 0.05) is 37.3 Å². The highest BCUT2D eigenvalue weighted by Crippen LogP contribution is 2.23. The van der Waals surface area contributed by atoms with Crippen molar-refractivity contribution in [1.29, 1.82) is 0 Å². The molecule has 0 spiro atoms. The van der Waals surface area contributed by atoms with Gasteiger partial charge in [-0.15, -0.1) is 0 Å². The summed E-state index contributed by atoms with van der Waals surface area (Å²) in [5.74, 6) is 0. The van der Waals surface area contributed by atoms with Crippen LogP contribution in [-0.4, -0.2) is 47.6 Å². The summed E-state index contributed by atoms with van der Waals surface area (Å²) < 4.78 is 0. The molecule has 0 aromatic heterocycles. The number of hydrogen-bond acceptors (Lipinski definition) is 2. The van der Waals surface area contributed by atoms with E-state index in [0.29, 0.717) is 0 Å². The van der Waals surface area contributed by atoms with Crippen LogP contribution in [-0.2, 0) is 0 Å². The van der Waals surface area contributed by atoms with E-state index in [1.165, 1.54) is 10.8 Å². The number of benzene rings is 2. The van der Waals surface area contributed by atoms with Crippen molar-refractivity contribution in [3.05, 3.63) is 42.5 Å².